The molecule has 0 amide bonds. The molecule has 1 aromatic heterocycles. The zero-order valence-electron chi connectivity index (χ0n) is 9.37. The van der Waals surface area contributed by atoms with Crippen LogP contribution < -0.4 is 5.32 Å². The molecule has 5 heteroatoms. The maximum atomic E-state index is 5.97. The minimum absolute atomic E-state index is 0.546. The normalized spacial score (nSPS) is 15.1. The van der Waals surface area contributed by atoms with Crippen molar-refractivity contribution < 1.29 is 0 Å². The third-order valence-corrected chi connectivity index (χ3v) is 3.38. The van der Waals surface area contributed by atoms with Crippen LogP contribution in [0.25, 0.3) is 0 Å². The highest BCUT2D eigenvalue weighted by atomic mass is 35.5. The van der Waals surface area contributed by atoms with E-state index in [0.717, 1.165) is 24.6 Å². The van der Waals surface area contributed by atoms with Gasteiger partial charge in [-0.2, -0.15) is 11.8 Å². The summed E-state index contributed by atoms with van der Waals surface area (Å²) in [6.45, 7) is 0.943. The first kappa shape index (κ1) is 12.0. The van der Waals surface area contributed by atoms with E-state index in [-0.39, 0.29) is 0 Å². The predicted molar refractivity (Wildman–Crippen MR) is 70.5 cm³/mol. The third-order valence-electron chi connectivity index (χ3n) is 2.49. The zero-order chi connectivity index (χ0) is 11.4. The number of nitrogens with one attached hydrogen (secondary N) is 1. The molecule has 0 radical (unpaired) electrons. The van der Waals surface area contributed by atoms with E-state index in [2.05, 4.69) is 21.5 Å². The molecule has 0 saturated heterocycles. The molecule has 1 N–H and O–H groups in total. The second-order valence-corrected chi connectivity index (χ2v) is 5.35. The van der Waals surface area contributed by atoms with Gasteiger partial charge in [0.1, 0.15) is 16.8 Å². The molecule has 0 aliphatic heterocycles. The Balaban J connectivity index is 1.92. The van der Waals surface area contributed by atoms with Crippen LogP contribution in [0.15, 0.2) is 6.07 Å². The lowest BCUT2D eigenvalue weighted by molar-refractivity contribution is 0.911. The molecule has 1 saturated carbocycles. The molecule has 1 heterocycles. The van der Waals surface area contributed by atoms with E-state index in [0.29, 0.717) is 11.1 Å². The van der Waals surface area contributed by atoms with Gasteiger partial charge in [-0.1, -0.05) is 11.6 Å². The average Bonchev–Trinajstić information content (AvgIpc) is 3.07. The lowest BCUT2D eigenvalue weighted by atomic mass is 10.4. The highest BCUT2D eigenvalue weighted by Crippen LogP contribution is 2.38. The Bertz CT molecular complexity index is 355. The SMILES string of the molecule is CSCCCNc1cc(Cl)nc(C2CC2)n1. The second kappa shape index (κ2) is 5.73. The number of halogens is 1. The molecule has 1 aliphatic carbocycles. The smallest absolute Gasteiger partial charge is 0.135 e. The monoisotopic (exact) mass is 257 g/mol. The summed E-state index contributed by atoms with van der Waals surface area (Å²) in [4.78, 5) is 8.73. The summed E-state index contributed by atoms with van der Waals surface area (Å²) in [5.74, 6) is 3.48. The van der Waals surface area contributed by atoms with Crippen LogP contribution in [-0.2, 0) is 0 Å². The molecule has 2 rings (SSSR count). The summed E-state index contributed by atoms with van der Waals surface area (Å²) in [6.07, 6.45) is 5.66. The number of nitrogens with zero attached hydrogens (tertiary/aromatic N) is 2. The van der Waals surface area contributed by atoms with Crippen LogP contribution in [-0.4, -0.2) is 28.5 Å². The molecule has 0 bridgehead atoms. The topological polar surface area (TPSA) is 37.8 Å². The van der Waals surface area contributed by atoms with Gasteiger partial charge in [0.25, 0.3) is 0 Å². The van der Waals surface area contributed by atoms with Crippen molar-refractivity contribution in [2.75, 3.05) is 23.9 Å². The first-order valence-electron chi connectivity index (χ1n) is 5.57. The van der Waals surface area contributed by atoms with Gasteiger partial charge in [0.15, 0.2) is 0 Å². The Morgan fingerprint density at radius 2 is 2.31 bits per heavy atom. The van der Waals surface area contributed by atoms with Crippen LogP contribution >= 0.6 is 23.4 Å². The summed E-state index contributed by atoms with van der Waals surface area (Å²) < 4.78 is 0. The van der Waals surface area contributed by atoms with Gasteiger partial charge < -0.3 is 5.32 Å². The van der Waals surface area contributed by atoms with Crippen molar-refractivity contribution in [1.29, 1.82) is 0 Å². The second-order valence-electron chi connectivity index (χ2n) is 3.98. The summed E-state index contributed by atoms with van der Waals surface area (Å²) in [7, 11) is 0. The van der Waals surface area contributed by atoms with Gasteiger partial charge in [0.2, 0.25) is 0 Å². The van der Waals surface area contributed by atoms with Crippen LogP contribution in [0.5, 0.6) is 0 Å². The van der Waals surface area contributed by atoms with E-state index in [1.54, 1.807) is 6.07 Å². The molecule has 3 nitrogen and oxygen atoms in total. The molecule has 1 aliphatic rings. The Hall–Kier alpha value is -0.480. The molecule has 0 unspecified atom stereocenters. The van der Waals surface area contributed by atoms with Crippen molar-refractivity contribution in [3.8, 4) is 0 Å². The summed E-state index contributed by atoms with van der Waals surface area (Å²) in [6, 6.07) is 1.80. The highest BCUT2D eigenvalue weighted by Gasteiger charge is 2.27. The Labute approximate surface area is 105 Å². The van der Waals surface area contributed by atoms with Crippen LogP contribution in [0.3, 0.4) is 0 Å². The van der Waals surface area contributed by atoms with Crippen molar-refractivity contribution in [3.63, 3.8) is 0 Å². The van der Waals surface area contributed by atoms with E-state index < -0.39 is 0 Å². The van der Waals surface area contributed by atoms with Gasteiger partial charge in [-0.25, -0.2) is 9.97 Å². The van der Waals surface area contributed by atoms with Gasteiger partial charge in [0, 0.05) is 18.5 Å². The Morgan fingerprint density at radius 1 is 1.50 bits per heavy atom. The van der Waals surface area contributed by atoms with Crippen LogP contribution in [0.4, 0.5) is 5.82 Å². The van der Waals surface area contributed by atoms with Crippen molar-refractivity contribution in [2.24, 2.45) is 0 Å². The summed E-state index contributed by atoms with van der Waals surface area (Å²) in [5, 5.41) is 3.84. The molecule has 16 heavy (non-hydrogen) atoms. The fraction of sp³-hybridized carbons (Fsp3) is 0.636. The van der Waals surface area contributed by atoms with E-state index >= 15 is 0 Å². The molecule has 1 fully saturated rings. The van der Waals surface area contributed by atoms with E-state index in [1.807, 2.05) is 11.8 Å². The number of hydrogen-bond acceptors (Lipinski definition) is 4. The molecule has 0 atom stereocenters. The number of anilines is 1. The standard InChI is InChI=1S/C11H16ClN3S/c1-16-6-2-5-13-10-7-9(12)14-11(15-10)8-3-4-8/h7-8H,2-6H2,1H3,(H,13,14,15). The van der Waals surface area contributed by atoms with E-state index in [4.69, 9.17) is 11.6 Å². The van der Waals surface area contributed by atoms with E-state index in [9.17, 15) is 0 Å². The maximum absolute atomic E-state index is 5.97. The largest absolute Gasteiger partial charge is 0.370 e. The average molecular weight is 258 g/mol. The summed E-state index contributed by atoms with van der Waals surface area (Å²) >= 11 is 7.83. The van der Waals surface area contributed by atoms with Gasteiger partial charge in [-0.15, -0.1) is 0 Å². The van der Waals surface area contributed by atoms with Crippen molar-refractivity contribution >= 4 is 29.2 Å². The fourth-order valence-electron chi connectivity index (χ4n) is 1.48. The van der Waals surface area contributed by atoms with E-state index in [1.165, 1.54) is 18.6 Å². The van der Waals surface area contributed by atoms with Crippen LogP contribution in [0.2, 0.25) is 5.15 Å². The molecule has 1 aromatic rings. The summed E-state index contributed by atoms with van der Waals surface area (Å²) in [5.41, 5.74) is 0. The first-order chi connectivity index (χ1) is 7.79. The number of rotatable bonds is 6. The van der Waals surface area contributed by atoms with Crippen LogP contribution in [0, 0.1) is 0 Å². The quantitative estimate of drug-likeness (QED) is 0.628. The van der Waals surface area contributed by atoms with Crippen molar-refractivity contribution in [1.82, 2.24) is 9.97 Å². The molecule has 0 aromatic carbocycles. The van der Waals surface area contributed by atoms with Gasteiger partial charge in [0.05, 0.1) is 0 Å². The molecule has 0 spiro atoms. The Morgan fingerprint density at radius 3 is 3.00 bits per heavy atom. The lowest BCUT2D eigenvalue weighted by Crippen LogP contribution is -2.06. The number of thioether (sulfide) groups is 1. The lowest BCUT2D eigenvalue weighted by Gasteiger charge is -2.06. The number of aromatic nitrogens is 2. The molecule has 88 valence electrons. The van der Waals surface area contributed by atoms with Crippen molar-refractivity contribution in [2.45, 2.75) is 25.2 Å². The minimum atomic E-state index is 0.546. The highest BCUT2D eigenvalue weighted by molar-refractivity contribution is 7.98. The predicted octanol–water partition coefficient (Wildman–Crippen LogP) is 3.17. The van der Waals surface area contributed by atoms with Crippen molar-refractivity contribution in [3.05, 3.63) is 17.0 Å². The molecular weight excluding hydrogens is 242 g/mol. The first-order valence-corrected chi connectivity index (χ1v) is 7.34. The van der Waals surface area contributed by atoms with Gasteiger partial charge in [-0.05, 0) is 31.3 Å². The van der Waals surface area contributed by atoms with Crippen LogP contribution in [0.1, 0.15) is 31.0 Å². The maximum Gasteiger partial charge on any atom is 0.135 e. The van der Waals surface area contributed by atoms with Gasteiger partial charge in [-0.3, -0.25) is 0 Å². The third kappa shape index (κ3) is 3.52. The van der Waals surface area contributed by atoms with Gasteiger partial charge >= 0.3 is 0 Å². The fourth-order valence-corrected chi connectivity index (χ4v) is 2.11. The Kier molecular flexibility index (Phi) is 4.29. The number of hydrogen-bond donors (Lipinski definition) is 1. The molecular formula is C11H16ClN3S. The zero-order valence-corrected chi connectivity index (χ0v) is 10.9. The minimum Gasteiger partial charge on any atom is -0.370 e.